The zero-order chi connectivity index (χ0) is 8.39. The van der Waals surface area contributed by atoms with Crippen LogP contribution in [-0.4, -0.2) is 9.55 Å². The van der Waals surface area contributed by atoms with E-state index >= 15 is 0 Å². The average Bonchev–Trinajstić information content (AvgIpc) is 2.57. The first-order chi connectivity index (χ1) is 5.88. The molecule has 12 heavy (non-hydrogen) atoms. The Morgan fingerprint density at radius 3 is 3.08 bits per heavy atom. The van der Waals surface area contributed by atoms with Gasteiger partial charge in [0.25, 0.3) is 0 Å². The van der Waals surface area contributed by atoms with Crippen molar-refractivity contribution in [3.63, 3.8) is 0 Å². The van der Waals surface area contributed by atoms with Crippen LogP contribution in [0.1, 0.15) is 0 Å². The van der Waals surface area contributed by atoms with E-state index in [0.717, 1.165) is 10.2 Å². The molecule has 2 aromatic rings. The van der Waals surface area contributed by atoms with E-state index in [0.29, 0.717) is 0 Å². The van der Waals surface area contributed by atoms with E-state index in [1.165, 1.54) is 0 Å². The largest absolute Gasteiger partial charge is 0.305 e. The summed E-state index contributed by atoms with van der Waals surface area (Å²) >= 11 is 3.44. The monoisotopic (exact) mass is 221 g/mol. The van der Waals surface area contributed by atoms with Crippen LogP contribution >= 0.6 is 15.9 Å². The molecule has 0 spiro atoms. The van der Waals surface area contributed by atoms with Gasteiger partial charge in [-0.2, -0.15) is 0 Å². The highest BCUT2D eigenvalue weighted by atomic mass is 79.9. The first-order valence-corrected chi connectivity index (χ1v) is 4.31. The number of hydrogen-bond donors (Lipinski definition) is 0. The average molecular weight is 222 g/mol. The summed E-state index contributed by atoms with van der Waals surface area (Å²) in [4.78, 5) is 3.97. The van der Waals surface area contributed by atoms with Crippen LogP contribution in [0.2, 0.25) is 0 Å². The van der Waals surface area contributed by atoms with Gasteiger partial charge in [0.1, 0.15) is 0 Å². The fourth-order valence-electron chi connectivity index (χ4n) is 1.01. The molecule has 1 radical (unpaired) electrons. The van der Waals surface area contributed by atoms with Gasteiger partial charge in [0, 0.05) is 16.9 Å². The molecular formula is C9H6BrN2. The van der Waals surface area contributed by atoms with Crippen LogP contribution in [0.15, 0.2) is 41.4 Å². The van der Waals surface area contributed by atoms with Crippen LogP contribution in [0, 0.1) is 6.07 Å². The van der Waals surface area contributed by atoms with Crippen molar-refractivity contribution >= 4 is 15.9 Å². The molecule has 0 aliphatic heterocycles. The summed E-state index contributed by atoms with van der Waals surface area (Å²) in [5.74, 6) is 0. The maximum Gasteiger partial charge on any atom is 0.0992 e. The highest BCUT2D eigenvalue weighted by molar-refractivity contribution is 9.10. The molecule has 1 aromatic heterocycles. The molecule has 0 amide bonds. The molecule has 0 saturated carbocycles. The number of benzene rings is 1. The molecule has 1 heterocycles. The standard InChI is InChI=1S/C9H6BrN2/c10-8-3-1-2-4-9(8)12-6-5-11-7-12/h2-7H. The van der Waals surface area contributed by atoms with Gasteiger partial charge in [-0.1, -0.05) is 6.07 Å². The summed E-state index contributed by atoms with van der Waals surface area (Å²) in [6.07, 6.45) is 5.42. The van der Waals surface area contributed by atoms with Crippen LogP contribution in [0.3, 0.4) is 0 Å². The molecular weight excluding hydrogens is 216 g/mol. The van der Waals surface area contributed by atoms with Crippen LogP contribution in [0.4, 0.5) is 0 Å². The van der Waals surface area contributed by atoms with Crippen molar-refractivity contribution in [3.05, 3.63) is 47.5 Å². The van der Waals surface area contributed by atoms with Crippen LogP contribution in [-0.2, 0) is 0 Å². The molecule has 0 fully saturated rings. The third kappa shape index (κ3) is 1.28. The Kier molecular flexibility index (Phi) is 1.96. The minimum Gasteiger partial charge on any atom is -0.305 e. The number of rotatable bonds is 1. The van der Waals surface area contributed by atoms with Crippen LogP contribution in [0.25, 0.3) is 5.69 Å². The van der Waals surface area contributed by atoms with Crippen LogP contribution in [0.5, 0.6) is 0 Å². The Labute approximate surface area is 79.0 Å². The lowest BCUT2D eigenvalue weighted by Gasteiger charge is -2.02. The van der Waals surface area contributed by atoms with Crippen molar-refractivity contribution in [3.8, 4) is 5.69 Å². The molecule has 0 unspecified atom stereocenters. The van der Waals surface area contributed by atoms with Gasteiger partial charge in [0.2, 0.25) is 0 Å². The van der Waals surface area contributed by atoms with Crippen molar-refractivity contribution in [2.24, 2.45) is 0 Å². The van der Waals surface area contributed by atoms with Gasteiger partial charge in [0.05, 0.1) is 12.0 Å². The van der Waals surface area contributed by atoms with Crippen LogP contribution < -0.4 is 0 Å². The summed E-state index contributed by atoms with van der Waals surface area (Å²) in [5.41, 5.74) is 1.08. The Morgan fingerprint density at radius 1 is 1.50 bits per heavy atom. The second-order valence-corrected chi connectivity index (χ2v) is 3.20. The molecule has 1 aromatic carbocycles. The Hall–Kier alpha value is -1.09. The smallest absolute Gasteiger partial charge is 0.0992 e. The third-order valence-electron chi connectivity index (χ3n) is 1.57. The second kappa shape index (κ2) is 3.11. The zero-order valence-electron chi connectivity index (χ0n) is 6.24. The predicted octanol–water partition coefficient (Wildman–Crippen LogP) is 2.43. The van der Waals surface area contributed by atoms with E-state index in [-0.39, 0.29) is 0 Å². The van der Waals surface area contributed by atoms with E-state index in [9.17, 15) is 0 Å². The van der Waals surface area contributed by atoms with E-state index < -0.39 is 0 Å². The van der Waals surface area contributed by atoms with E-state index in [1.807, 2.05) is 29.0 Å². The lowest BCUT2D eigenvalue weighted by atomic mass is 10.3. The summed E-state index contributed by atoms with van der Waals surface area (Å²) in [6.45, 7) is 0. The molecule has 0 saturated heterocycles. The highest BCUT2D eigenvalue weighted by Crippen LogP contribution is 2.19. The van der Waals surface area contributed by atoms with Crippen molar-refractivity contribution < 1.29 is 0 Å². The van der Waals surface area contributed by atoms with Crippen molar-refractivity contribution in [2.45, 2.75) is 0 Å². The molecule has 0 N–H and O–H groups in total. The first-order valence-electron chi connectivity index (χ1n) is 3.52. The third-order valence-corrected chi connectivity index (χ3v) is 2.21. The Bertz CT molecular complexity index is 368. The minimum absolute atomic E-state index is 1.02. The molecule has 0 atom stereocenters. The number of aromatic nitrogens is 2. The number of halogens is 1. The number of hydrogen-bond acceptors (Lipinski definition) is 1. The second-order valence-electron chi connectivity index (χ2n) is 2.35. The quantitative estimate of drug-likeness (QED) is 0.724. The van der Waals surface area contributed by atoms with Gasteiger partial charge in [-0.15, -0.1) is 0 Å². The highest BCUT2D eigenvalue weighted by Gasteiger charge is 1.98. The summed E-state index contributed by atoms with van der Waals surface area (Å²) < 4.78 is 2.96. The summed E-state index contributed by atoms with van der Waals surface area (Å²) in [5, 5.41) is 0. The summed E-state index contributed by atoms with van der Waals surface area (Å²) in [7, 11) is 0. The molecule has 3 heteroatoms. The SMILES string of the molecule is Brc1c[c]ccc1-n1ccnc1. The first kappa shape index (κ1) is 7.55. The Balaban J connectivity index is 2.55. The van der Waals surface area contributed by atoms with E-state index in [1.54, 1.807) is 12.5 Å². The molecule has 0 bridgehead atoms. The summed E-state index contributed by atoms with van der Waals surface area (Å²) in [6, 6.07) is 8.72. The lowest BCUT2D eigenvalue weighted by molar-refractivity contribution is 1.05. The van der Waals surface area contributed by atoms with E-state index in [2.05, 4.69) is 27.0 Å². The molecule has 0 aliphatic rings. The molecule has 0 aliphatic carbocycles. The van der Waals surface area contributed by atoms with Gasteiger partial charge >= 0.3 is 0 Å². The topological polar surface area (TPSA) is 17.8 Å². The molecule has 59 valence electrons. The van der Waals surface area contributed by atoms with Gasteiger partial charge < -0.3 is 4.57 Å². The van der Waals surface area contributed by atoms with Crippen molar-refractivity contribution in [2.75, 3.05) is 0 Å². The maximum absolute atomic E-state index is 3.97. The van der Waals surface area contributed by atoms with Crippen molar-refractivity contribution in [1.29, 1.82) is 0 Å². The van der Waals surface area contributed by atoms with Gasteiger partial charge in [-0.25, -0.2) is 4.98 Å². The fourth-order valence-corrected chi connectivity index (χ4v) is 1.48. The minimum atomic E-state index is 1.02. The molecule has 2 nitrogen and oxygen atoms in total. The van der Waals surface area contributed by atoms with E-state index in [4.69, 9.17) is 0 Å². The Morgan fingerprint density at radius 2 is 2.42 bits per heavy atom. The number of imidazole rings is 1. The van der Waals surface area contributed by atoms with Gasteiger partial charge in [-0.3, -0.25) is 0 Å². The number of nitrogens with zero attached hydrogens (tertiary/aromatic N) is 2. The van der Waals surface area contributed by atoms with Crippen molar-refractivity contribution in [1.82, 2.24) is 9.55 Å². The van der Waals surface area contributed by atoms with Gasteiger partial charge in [-0.05, 0) is 34.1 Å². The van der Waals surface area contributed by atoms with Gasteiger partial charge in [0.15, 0.2) is 0 Å². The molecule has 2 rings (SSSR count). The maximum atomic E-state index is 3.97. The fraction of sp³-hybridized carbons (Fsp3) is 0. The normalized spacial score (nSPS) is 10.1. The predicted molar refractivity (Wildman–Crippen MR) is 50.1 cm³/mol. The zero-order valence-corrected chi connectivity index (χ0v) is 7.82. The lowest BCUT2D eigenvalue weighted by Crippen LogP contribution is -1.89.